The number of pyridine rings is 1. The minimum Gasteiger partial charge on any atom is -0.357 e. The zero-order valence-corrected chi connectivity index (χ0v) is 13.0. The number of nitrogens with two attached hydrogens (primary N) is 1. The van der Waals surface area contributed by atoms with Gasteiger partial charge in [-0.1, -0.05) is 13.8 Å². The maximum absolute atomic E-state index is 12.0. The van der Waals surface area contributed by atoms with Gasteiger partial charge in [-0.15, -0.1) is 0 Å². The van der Waals surface area contributed by atoms with Crippen molar-refractivity contribution in [2.45, 2.75) is 45.6 Å². The van der Waals surface area contributed by atoms with Gasteiger partial charge >= 0.3 is 0 Å². The highest BCUT2D eigenvalue weighted by Gasteiger charge is 2.16. The standard InChI is InChI=1S/C16H26N4O/c1-12(2)10-14(17)16(21)19-13-6-7-15(18-11-13)20-8-4-3-5-9-20/h6-7,11-12,14H,3-5,8-10,17H2,1-2H3,(H,19,21)/t14-/m0/s1. The van der Waals surface area contributed by atoms with Crippen LogP contribution in [0.15, 0.2) is 18.3 Å². The lowest BCUT2D eigenvalue weighted by atomic mass is 10.0. The Balaban J connectivity index is 1.91. The molecule has 1 saturated heterocycles. The monoisotopic (exact) mass is 290 g/mol. The Morgan fingerprint density at radius 2 is 2.05 bits per heavy atom. The Bertz CT molecular complexity index is 452. The number of piperidine rings is 1. The number of carbonyl (C=O) groups is 1. The van der Waals surface area contributed by atoms with E-state index in [2.05, 4.69) is 29.0 Å². The SMILES string of the molecule is CC(C)C[C@H](N)C(=O)Nc1ccc(N2CCCCC2)nc1. The molecule has 1 atom stereocenters. The van der Waals surface area contributed by atoms with Crippen LogP contribution in [0.2, 0.25) is 0 Å². The molecule has 0 unspecified atom stereocenters. The minimum atomic E-state index is -0.466. The van der Waals surface area contributed by atoms with Gasteiger partial charge in [0.2, 0.25) is 5.91 Å². The number of hydrogen-bond acceptors (Lipinski definition) is 4. The molecule has 1 amide bonds. The van der Waals surface area contributed by atoms with E-state index in [1.54, 1.807) is 6.20 Å². The van der Waals surface area contributed by atoms with E-state index in [1.165, 1.54) is 19.3 Å². The van der Waals surface area contributed by atoms with E-state index in [0.717, 1.165) is 18.9 Å². The molecule has 1 aliphatic rings. The Morgan fingerprint density at radius 3 is 2.62 bits per heavy atom. The highest BCUT2D eigenvalue weighted by Crippen LogP contribution is 2.19. The molecule has 1 aromatic heterocycles. The van der Waals surface area contributed by atoms with E-state index in [1.807, 2.05) is 12.1 Å². The summed E-state index contributed by atoms with van der Waals surface area (Å²) in [7, 11) is 0. The molecule has 0 spiro atoms. The molecule has 5 nitrogen and oxygen atoms in total. The van der Waals surface area contributed by atoms with Crippen molar-refractivity contribution < 1.29 is 4.79 Å². The lowest BCUT2D eigenvalue weighted by molar-refractivity contribution is -0.117. The molecule has 0 aromatic carbocycles. The van der Waals surface area contributed by atoms with Crippen LogP contribution in [-0.2, 0) is 4.79 Å². The van der Waals surface area contributed by atoms with Crippen LogP contribution in [0.4, 0.5) is 11.5 Å². The average Bonchev–Trinajstić information content (AvgIpc) is 2.48. The third-order valence-corrected chi connectivity index (χ3v) is 3.76. The Morgan fingerprint density at radius 1 is 1.33 bits per heavy atom. The van der Waals surface area contributed by atoms with Crippen molar-refractivity contribution in [3.63, 3.8) is 0 Å². The van der Waals surface area contributed by atoms with E-state index < -0.39 is 6.04 Å². The van der Waals surface area contributed by atoms with Crippen LogP contribution >= 0.6 is 0 Å². The third-order valence-electron chi connectivity index (χ3n) is 3.76. The molecular weight excluding hydrogens is 264 g/mol. The van der Waals surface area contributed by atoms with Crippen molar-refractivity contribution in [2.24, 2.45) is 11.7 Å². The number of nitrogens with one attached hydrogen (secondary N) is 1. The van der Waals surface area contributed by atoms with Crippen LogP contribution in [-0.4, -0.2) is 30.0 Å². The first kappa shape index (κ1) is 15.8. The molecule has 116 valence electrons. The normalized spacial score (nSPS) is 16.9. The number of aromatic nitrogens is 1. The molecule has 1 aromatic rings. The summed E-state index contributed by atoms with van der Waals surface area (Å²) in [6, 6.07) is 3.40. The van der Waals surface area contributed by atoms with Gasteiger partial charge in [0.25, 0.3) is 0 Å². The van der Waals surface area contributed by atoms with Crippen molar-refractivity contribution in [2.75, 3.05) is 23.3 Å². The summed E-state index contributed by atoms with van der Waals surface area (Å²) in [5, 5.41) is 2.83. The molecule has 21 heavy (non-hydrogen) atoms. The zero-order valence-electron chi connectivity index (χ0n) is 13.0. The van der Waals surface area contributed by atoms with Crippen LogP contribution in [0.5, 0.6) is 0 Å². The summed E-state index contributed by atoms with van der Waals surface area (Å²) in [5.74, 6) is 1.25. The quantitative estimate of drug-likeness (QED) is 0.873. The number of rotatable bonds is 5. The fourth-order valence-corrected chi connectivity index (χ4v) is 2.62. The van der Waals surface area contributed by atoms with Gasteiger partial charge < -0.3 is 16.0 Å². The van der Waals surface area contributed by atoms with E-state index >= 15 is 0 Å². The van der Waals surface area contributed by atoms with Gasteiger partial charge in [0, 0.05) is 13.1 Å². The molecule has 0 saturated carbocycles. The maximum Gasteiger partial charge on any atom is 0.241 e. The van der Waals surface area contributed by atoms with Crippen molar-refractivity contribution in [1.82, 2.24) is 4.98 Å². The van der Waals surface area contributed by atoms with Gasteiger partial charge in [-0.2, -0.15) is 0 Å². The van der Waals surface area contributed by atoms with E-state index in [4.69, 9.17) is 5.73 Å². The number of nitrogens with zero attached hydrogens (tertiary/aromatic N) is 2. The molecule has 3 N–H and O–H groups in total. The second-order valence-corrected chi connectivity index (χ2v) is 6.18. The lowest BCUT2D eigenvalue weighted by Gasteiger charge is -2.27. The summed E-state index contributed by atoms with van der Waals surface area (Å²) < 4.78 is 0. The van der Waals surface area contributed by atoms with Crippen LogP contribution in [0, 0.1) is 5.92 Å². The molecule has 0 aliphatic carbocycles. The van der Waals surface area contributed by atoms with Gasteiger partial charge in [-0.25, -0.2) is 4.98 Å². The largest absolute Gasteiger partial charge is 0.357 e. The average molecular weight is 290 g/mol. The number of hydrogen-bond donors (Lipinski definition) is 2. The van der Waals surface area contributed by atoms with E-state index in [9.17, 15) is 4.79 Å². The Labute approximate surface area is 126 Å². The van der Waals surface area contributed by atoms with Crippen molar-refractivity contribution >= 4 is 17.4 Å². The summed E-state index contributed by atoms with van der Waals surface area (Å²) >= 11 is 0. The Kier molecular flexibility index (Phi) is 5.56. The maximum atomic E-state index is 12.0. The molecule has 2 rings (SSSR count). The third kappa shape index (κ3) is 4.70. The van der Waals surface area contributed by atoms with Gasteiger partial charge in [0.15, 0.2) is 0 Å². The predicted octanol–water partition coefficient (Wildman–Crippen LogP) is 2.38. The first-order valence-corrected chi connectivity index (χ1v) is 7.83. The predicted molar refractivity (Wildman–Crippen MR) is 86.4 cm³/mol. The van der Waals surface area contributed by atoms with Crippen LogP contribution < -0.4 is 16.0 Å². The first-order chi connectivity index (χ1) is 10.1. The van der Waals surface area contributed by atoms with Crippen LogP contribution in [0.1, 0.15) is 39.5 Å². The van der Waals surface area contributed by atoms with Crippen molar-refractivity contribution in [1.29, 1.82) is 0 Å². The first-order valence-electron chi connectivity index (χ1n) is 7.83. The van der Waals surface area contributed by atoms with Crippen LogP contribution in [0.3, 0.4) is 0 Å². The van der Waals surface area contributed by atoms with Gasteiger partial charge in [0.05, 0.1) is 17.9 Å². The topological polar surface area (TPSA) is 71.2 Å². The van der Waals surface area contributed by atoms with Crippen molar-refractivity contribution in [3.8, 4) is 0 Å². The summed E-state index contributed by atoms with van der Waals surface area (Å²) in [5.41, 5.74) is 6.58. The molecule has 0 bridgehead atoms. The van der Waals surface area contributed by atoms with Gasteiger partial charge in [-0.3, -0.25) is 4.79 Å². The fourth-order valence-electron chi connectivity index (χ4n) is 2.62. The smallest absolute Gasteiger partial charge is 0.241 e. The van der Waals surface area contributed by atoms with Crippen molar-refractivity contribution in [3.05, 3.63) is 18.3 Å². The van der Waals surface area contributed by atoms with E-state index in [-0.39, 0.29) is 5.91 Å². The fraction of sp³-hybridized carbons (Fsp3) is 0.625. The molecule has 2 heterocycles. The summed E-state index contributed by atoms with van der Waals surface area (Å²) in [6.07, 6.45) is 6.15. The number of amides is 1. The molecule has 1 aliphatic heterocycles. The highest BCUT2D eigenvalue weighted by molar-refractivity contribution is 5.94. The van der Waals surface area contributed by atoms with Crippen LogP contribution in [0.25, 0.3) is 0 Å². The van der Waals surface area contributed by atoms with E-state index in [0.29, 0.717) is 18.0 Å². The highest BCUT2D eigenvalue weighted by atomic mass is 16.2. The summed E-state index contributed by atoms with van der Waals surface area (Å²) in [6.45, 7) is 6.25. The number of carbonyl (C=O) groups excluding carboxylic acids is 1. The minimum absolute atomic E-state index is 0.142. The molecule has 5 heteroatoms. The molecule has 0 radical (unpaired) electrons. The second kappa shape index (κ2) is 7.41. The Hall–Kier alpha value is -1.62. The summed E-state index contributed by atoms with van der Waals surface area (Å²) in [4.78, 5) is 18.7. The van der Waals surface area contributed by atoms with Gasteiger partial charge in [-0.05, 0) is 43.7 Å². The lowest BCUT2D eigenvalue weighted by Crippen LogP contribution is -2.36. The molecule has 1 fully saturated rings. The number of anilines is 2. The second-order valence-electron chi connectivity index (χ2n) is 6.18. The molecular formula is C16H26N4O. The van der Waals surface area contributed by atoms with Gasteiger partial charge in [0.1, 0.15) is 5.82 Å². The zero-order chi connectivity index (χ0) is 15.2.